The zero-order chi connectivity index (χ0) is 19.2. The van der Waals surface area contributed by atoms with Crippen LogP contribution in [0.25, 0.3) is 0 Å². The van der Waals surface area contributed by atoms with Gasteiger partial charge in [0.2, 0.25) is 0 Å². The van der Waals surface area contributed by atoms with Gasteiger partial charge in [0.1, 0.15) is 18.1 Å². The Labute approximate surface area is 160 Å². The van der Waals surface area contributed by atoms with E-state index in [0.717, 1.165) is 22.6 Å². The highest BCUT2D eigenvalue weighted by molar-refractivity contribution is 5.94. The molecular formula is C22H27NO4. The molecule has 0 atom stereocenters. The molecule has 0 bridgehead atoms. The van der Waals surface area contributed by atoms with Crippen LogP contribution in [0.3, 0.4) is 0 Å². The van der Waals surface area contributed by atoms with Gasteiger partial charge in [-0.2, -0.15) is 0 Å². The summed E-state index contributed by atoms with van der Waals surface area (Å²) in [6.45, 7) is 7.05. The van der Waals surface area contributed by atoms with Crippen LogP contribution in [0.5, 0.6) is 11.5 Å². The van der Waals surface area contributed by atoms with E-state index in [0.29, 0.717) is 44.4 Å². The number of para-hydroxylation sites is 1. The van der Waals surface area contributed by atoms with Crippen molar-refractivity contribution in [3.05, 3.63) is 59.2 Å². The van der Waals surface area contributed by atoms with Crippen molar-refractivity contribution in [2.45, 2.75) is 26.4 Å². The molecule has 27 heavy (non-hydrogen) atoms. The van der Waals surface area contributed by atoms with E-state index in [1.807, 2.05) is 41.3 Å². The molecule has 2 aromatic rings. The first kappa shape index (κ1) is 19.2. The van der Waals surface area contributed by atoms with Gasteiger partial charge in [-0.15, -0.1) is 0 Å². The molecule has 1 saturated heterocycles. The molecule has 1 aliphatic heterocycles. The van der Waals surface area contributed by atoms with Gasteiger partial charge >= 0.3 is 0 Å². The third kappa shape index (κ3) is 4.61. The number of amides is 1. The lowest BCUT2D eigenvalue weighted by Crippen LogP contribution is -2.40. The van der Waals surface area contributed by atoms with E-state index in [9.17, 15) is 4.79 Å². The molecule has 5 nitrogen and oxygen atoms in total. The minimum Gasteiger partial charge on any atom is -0.496 e. The lowest BCUT2D eigenvalue weighted by molar-refractivity contribution is 0.0302. The Hall–Kier alpha value is -2.53. The zero-order valence-corrected chi connectivity index (χ0v) is 16.2. The number of hydrogen-bond donors (Lipinski definition) is 0. The van der Waals surface area contributed by atoms with Gasteiger partial charge < -0.3 is 19.1 Å². The maximum atomic E-state index is 12.8. The number of hydrogen-bond acceptors (Lipinski definition) is 4. The molecule has 0 aliphatic carbocycles. The number of rotatable bonds is 6. The first-order chi connectivity index (χ1) is 13.1. The van der Waals surface area contributed by atoms with Crippen molar-refractivity contribution in [2.75, 3.05) is 33.4 Å². The normalized spacial score (nSPS) is 14.3. The molecule has 3 rings (SSSR count). The van der Waals surface area contributed by atoms with Crippen LogP contribution >= 0.6 is 0 Å². The van der Waals surface area contributed by atoms with E-state index in [1.165, 1.54) is 0 Å². The number of nitrogens with zero attached hydrogens (tertiary/aromatic N) is 1. The summed E-state index contributed by atoms with van der Waals surface area (Å²) in [5.74, 6) is 1.97. The van der Waals surface area contributed by atoms with Gasteiger partial charge in [0.25, 0.3) is 5.91 Å². The van der Waals surface area contributed by atoms with Crippen molar-refractivity contribution in [3.8, 4) is 11.5 Å². The topological polar surface area (TPSA) is 48.0 Å². The van der Waals surface area contributed by atoms with Crippen LogP contribution in [-0.2, 0) is 11.3 Å². The molecule has 1 fully saturated rings. The molecule has 1 amide bonds. The minimum absolute atomic E-state index is 0.0183. The predicted octanol–water partition coefficient (Wildman–Crippen LogP) is 3.87. The summed E-state index contributed by atoms with van der Waals surface area (Å²) < 4.78 is 16.9. The monoisotopic (exact) mass is 369 g/mol. The number of ether oxygens (including phenoxy) is 3. The van der Waals surface area contributed by atoms with E-state index >= 15 is 0 Å². The Kier molecular flexibility index (Phi) is 6.35. The Morgan fingerprint density at radius 1 is 1.11 bits per heavy atom. The van der Waals surface area contributed by atoms with Crippen molar-refractivity contribution in [1.29, 1.82) is 0 Å². The molecule has 0 spiro atoms. The van der Waals surface area contributed by atoms with Crippen molar-refractivity contribution < 1.29 is 19.0 Å². The number of morpholine rings is 1. The quantitative estimate of drug-likeness (QED) is 0.776. The Morgan fingerprint density at radius 3 is 2.56 bits per heavy atom. The third-order valence-electron chi connectivity index (χ3n) is 4.75. The van der Waals surface area contributed by atoms with E-state index in [2.05, 4.69) is 19.9 Å². The van der Waals surface area contributed by atoms with Crippen LogP contribution in [-0.4, -0.2) is 44.2 Å². The van der Waals surface area contributed by atoms with Gasteiger partial charge in [0.05, 0.1) is 20.3 Å². The second-order valence-electron chi connectivity index (χ2n) is 6.91. The van der Waals surface area contributed by atoms with Gasteiger partial charge in [-0.25, -0.2) is 0 Å². The van der Waals surface area contributed by atoms with Crippen LogP contribution in [0, 0.1) is 0 Å². The number of carbonyl (C=O) groups is 1. The van der Waals surface area contributed by atoms with Crippen LogP contribution in [0.4, 0.5) is 0 Å². The molecule has 0 N–H and O–H groups in total. The van der Waals surface area contributed by atoms with Gasteiger partial charge in [-0.3, -0.25) is 4.79 Å². The Balaban J connectivity index is 1.79. The lowest BCUT2D eigenvalue weighted by atomic mass is 10.0. The minimum atomic E-state index is 0.0183. The maximum absolute atomic E-state index is 12.8. The standard InChI is InChI=1S/C22H27NO4/c1-16(2)19-6-4-5-7-21(19)27-15-18-14-17(8-9-20(18)25-3)22(24)23-10-12-26-13-11-23/h4-9,14,16H,10-13,15H2,1-3H3. The molecule has 0 saturated carbocycles. The fraction of sp³-hybridized carbons (Fsp3) is 0.409. The largest absolute Gasteiger partial charge is 0.496 e. The fourth-order valence-electron chi connectivity index (χ4n) is 3.22. The SMILES string of the molecule is COc1ccc(C(=O)N2CCOCC2)cc1COc1ccccc1C(C)C. The number of methoxy groups -OCH3 is 1. The fourth-order valence-corrected chi connectivity index (χ4v) is 3.22. The van der Waals surface area contributed by atoms with Crippen LogP contribution < -0.4 is 9.47 Å². The summed E-state index contributed by atoms with van der Waals surface area (Å²) >= 11 is 0. The van der Waals surface area contributed by atoms with Gasteiger partial charge in [-0.1, -0.05) is 32.0 Å². The average molecular weight is 369 g/mol. The third-order valence-corrected chi connectivity index (χ3v) is 4.75. The molecule has 1 aliphatic rings. The Morgan fingerprint density at radius 2 is 1.85 bits per heavy atom. The molecule has 5 heteroatoms. The lowest BCUT2D eigenvalue weighted by Gasteiger charge is -2.27. The summed E-state index contributed by atoms with van der Waals surface area (Å²) in [6.07, 6.45) is 0. The molecule has 0 radical (unpaired) electrons. The number of benzene rings is 2. The summed E-state index contributed by atoms with van der Waals surface area (Å²) in [5.41, 5.74) is 2.67. The zero-order valence-electron chi connectivity index (χ0n) is 16.2. The summed E-state index contributed by atoms with van der Waals surface area (Å²) in [4.78, 5) is 14.6. The summed E-state index contributed by atoms with van der Waals surface area (Å²) in [7, 11) is 1.63. The summed E-state index contributed by atoms with van der Waals surface area (Å²) in [6, 6.07) is 13.6. The Bertz CT molecular complexity index is 782. The van der Waals surface area contributed by atoms with E-state index in [1.54, 1.807) is 7.11 Å². The first-order valence-electron chi connectivity index (χ1n) is 9.36. The molecular weight excluding hydrogens is 342 g/mol. The molecule has 144 valence electrons. The van der Waals surface area contributed by atoms with E-state index in [-0.39, 0.29) is 5.91 Å². The number of carbonyl (C=O) groups excluding carboxylic acids is 1. The van der Waals surface area contributed by atoms with E-state index in [4.69, 9.17) is 14.2 Å². The molecule has 1 heterocycles. The molecule has 2 aromatic carbocycles. The van der Waals surface area contributed by atoms with Crippen LogP contribution in [0.1, 0.15) is 41.3 Å². The van der Waals surface area contributed by atoms with Crippen molar-refractivity contribution >= 4 is 5.91 Å². The smallest absolute Gasteiger partial charge is 0.254 e. The van der Waals surface area contributed by atoms with E-state index < -0.39 is 0 Å². The predicted molar refractivity (Wildman–Crippen MR) is 105 cm³/mol. The van der Waals surface area contributed by atoms with Gasteiger partial charge in [0, 0.05) is 24.2 Å². The average Bonchev–Trinajstić information content (AvgIpc) is 2.72. The molecule has 0 aromatic heterocycles. The van der Waals surface area contributed by atoms with Gasteiger partial charge in [-0.05, 0) is 35.7 Å². The van der Waals surface area contributed by atoms with Gasteiger partial charge in [0.15, 0.2) is 0 Å². The highest BCUT2D eigenvalue weighted by Gasteiger charge is 2.20. The first-order valence-corrected chi connectivity index (χ1v) is 9.36. The second kappa shape index (κ2) is 8.91. The van der Waals surface area contributed by atoms with Crippen LogP contribution in [0.15, 0.2) is 42.5 Å². The summed E-state index contributed by atoms with van der Waals surface area (Å²) in [5, 5.41) is 0. The highest BCUT2D eigenvalue weighted by atomic mass is 16.5. The molecule has 0 unspecified atom stereocenters. The second-order valence-corrected chi connectivity index (χ2v) is 6.91. The highest BCUT2D eigenvalue weighted by Crippen LogP contribution is 2.28. The van der Waals surface area contributed by atoms with Crippen molar-refractivity contribution in [1.82, 2.24) is 4.90 Å². The van der Waals surface area contributed by atoms with Crippen molar-refractivity contribution in [3.63, 3.8) is 0 Å². The maximum Gasteiger partial charge on any atom is 0.254 e. The van der Waals surface area contributed by atoms with Crippen LogP contribution in [0.2, 0.25) is 0 Å². The van der Waals surface area contributed by atoms with Crippen molar-refractivity contribution in [2.24, 2.45) is 0 Å².